The van der Waals surface area contributed by atoms with Gasteiger partial charge in [-0.2, -0.15) is 0 Å². The van der Waals surface area contributed by atoms with Gasteiger partial charge in [0, 0.05) is 12.1 Å². The second-order valence-corrected chi connectivity index (χ2v) is 5.21. The number of aromatic nitrogens is 2. The minimum atomic E-state index is -0.221. The Hall–Kier alpha value is -1.65. The van der Waals surface area contributed by atoms with E-state index < -0.39 is 0 Å². The highest BCUT2D eigenvalue weighted by molar-refractivity contribution is 6.30. The quantitative estimate of drug-likeness (QED) is 0.870. The fraction of sp³-hybridized carbons (Fsp3) is 0.214. The van der Waals surface area contributed by atoms with Crippen LogP contribution in [0.4, 0.5) is 0 Å². The number of rotatable bonds is 3. The van der Waals surface area contributed by atoms with Gasteiger partial charge in [-0.05, 0) is 36.8 Å². The predicted molar refractivity (Wildman–Crippen MR) is 79.0 cm³/mol. The molecule has 1 heterocycles. The molecule has 0 aliphatic heterocycles. The molecule has 0 saturated carbocycles. The molecule has 2 aromatic rings. The largest absolute Gasteiger partial charge is 0.334 e. The highest BCUT2D eigenvalue weighted by Gasteiger charge is 2.20. The molecule has 0 saturated heterocycles. The van der Waals surface area contributed by atoms with E-state index in [0.29, 0.717) is 5.02 Å². The van der Waals surface area contributed by atoms with Crippen molar-refractivity contribution >= 4 is 29.1 Å². The fourth-order valence-electron chi connectivity index (χ4n) is 1.78. The van der Waals surface area contributed by atoms with Crippen LogP contribution in [-0.4, -0.2) is 28.1 Å². The van der Waals surface area contributed by atoms with Gasteiger partial charge >= 0.3 is 0 Å². The van der Waals surface area contributed by atoms with E-state index in [1.165, 1.54) is 0 Å². The van der Waals surface area contributed by atoms with Crippen LogP contribution >= 0.6 is 23.2 Å². The topological polar surface area (TPSA) is 46.1 Å². The summed E-state index contributed by atoms with van der Waals surface area (Å²) < 4.78 is 0. The first-order valence-electron chi connectivity index (χ1n) is 6.01. The Morgan fingerprint density at radius 3 is 2.55 bits per heavy atom. The summed E-state index contributed by atoms with van der Waals surface area (Å²) in [5.74, 6) is -0.221. The highest BCUT2D eigenvalue weighted by atomic mass is 35.5. The molecular formula is C14H13Cl2N3O. The van der Waals surface area contributed by atoms with E-state index in [0.717, 1.165) is 5.56 Å². The Kier molecular flexibility index (Phi) is 4.57. The normalized spacial score (nSPS) is 12.0. The Morgan fingerprint density at radius 1 is 1.20 bits per heavy atom. The number of hydrogen-bond donors (Lipinski definition) is 0. The molecule has 1 unspecified atom stereocenters. The lowest BCUT2D eigenvalue weighted by Gasteiger charge is -2.25. The van der Waals surface area contributed by atoms with Crippen molar-refractivity contribution in [1.82, 2.24) is 15.1 Å². The van der Waals surface area contributed by atoms with Gasteiger partial charge in [-0.3, -0.25) is 4.79 Å². The first kappa shape index (κ1) is 14.8. The molecule has 0 N–H and O–H groups in total. The van der Waals surface area contributed by atoms with Crippen LogP contribution in [0.25, 0.3) is 0 Å². The van der Waals surface area contributed by atoms with Crippen molar-refractivity contribution in [3.05, 3.63) is 57.8 Å². The number of halogens is 2. The number of nitrogens with zero attached hydrogens (tertiary/aromatic N) is 3. The smallest absolute Gasteiger partial charge is 0.274 e. The van der Waals surface area contributed by atoms with E-state index in [-0.39, 0.29) is 22.8 Å². The summed E-state index contributed by atoms with van der Waals surface area (Å²) in [6.45, 7) is 1.92. The summed E-state index contributed by atoms with van der Waals surface area (Å²) in [7, 11) is 1.71. The van der Waals surface area contributed by atoms with E-state index in [1.807, 2.05) is 25.1 Å². The van der Waals surface area contributed by atoms with Crippen LogP contribution in [0.2, 0.25) is 10.2 Å². The molecule has 1 amide bonds. The summed E-state index contributed by atoms with van der Waals surface area (Å²) >= 11 is 11.6. The van der Waals surface area contributed by atoms with E-state index in [4.69, 9.17) is 23.2 Å². The number of amides is 1. The number of hydrogen-bond acceptors (Lipinski definition) is 3. The predicted octanol–water partition coefficient (Wildman–Crippen LogP) is 3.62. The van der Waals surface area contributed by atoms with Gasteiger partial charge in [0.05, 0.1) is 6.04 Å². The lowest BCUT2D eigenvalue weighted by Crippen LogP contribution is -2.30. The van der Waals surface area contributed by atoms with E-state index >= 15 is 0 Å². The summed E-state index contributed by atoms with van der Waals surface area (Å²) in [6.07, 6.45) is 0. The van der Waals surface area contributed by atoms with Crippen LogP contribution in [0, 0.1) is 0 Å². The Bertz CT molecular complexity index is 616. The standard InChI is InChI=1S/C14H13Cl2N3O/c1-9(10-4-3-5-11(15)8-10)19(2)14(20)12-6-7-13(16)18-17-12/h3-9H,1-2H3. The molecule has 1 aromatic heterocycles. The zero-order valence-corrected chi connectivity index (χ0v) is 12.6. The van der Waals surface area contributed by atoms with Gasteiger partial charge in [0.2, 0.25) is 0 Å². The zero-order valence-electron chi connectivity index (χ0n) is 11.0. The Labute approximate surface area is 127 Å². The average Bonchev–Trinajstić information content (AvgIpc) is 2.46. The minimum absolute atomic E-state index is 0.126. The summed E-state index contributed by atoms with van der Waals surface area (Å²) in [4.78, 5) is 13.9. The molecule has 104 valence electrons. The van der Waals surface area contributed by atoms with Crippen molar-refractivity contribution in [3.63, 3.8) is 0 Å². The summed E-state index contributed by atoms with van der Waals surface area (Å²) in [6, 6.07) is 10.4. The van der Waals surface area contributed by atoms with Crippen molar-refractivity contribution in [2.24, 2.45) is 0 Å². The molecule has 0 fully saturated rings. The molecule has 6 heteroatoms. The van der Waals surface area contributed by atoms with E-state index in [2.05, 4.69) is 10.2 Å². The summed E-state index contributed by atoms with van der Waals surface area (Å²) in [5, 5.41) is 8.37. The molecule has 0 spiro atoms. The van der Waals surface area contributed by atoms with Crippen LogP contribution < -0.4 is 0 Å². The lowest BCUT2D eigenvalue weighted by molar-refractivity contribution is 0.0735. The molecular weight excluding hydrogens is 297 g/mol. The van der Waals surface area contributed by atoms with Gasteiger partial charge in [0.25, 0.3) is 5.91 Å². The molecule has 4 nitrogen and oxygen atoms in total. The fourth-order valence-corrected chi connectivity index (χ4v) is 2.08. The number of carbonyl (C=O) groups is 1. The Balaban J connectivity index is 2.20. The van der Waals surface area contributed by atoms with Crippen LogP contribution in [0.5, 0.6) is 0 Å². The third-order valence-electron chi connectivity index (χ3n) is 3.08. The SMILES string of the molecule is CC(c1cccc(Cl)c1)N(C)C(=O)c1ccc(Cl)nn1. The van der Waals surface area contributed by atoms with Crippen LogP contribution in [0.15, 0.2) is 36.4 Å². The molecule has 1 atom stereocenters. The third-order valence-corrected chi connectivity index (χ3v) is 3.52. The van der Waals surface area contributed by atoms with Crippen molar-refractivity contribution in [2.45, 2.75) is 13.0 Å². The van der Waals surface area contributed by atoms with Crippen LogP contribution in [-0.2, 0) is 0 Å². The monoisotopic (exact) mass is 309 g/mol. The average molecular weight is 310 g/mol. The maximum atomic E-state index is 12.3. The van der Waals surface area contributed by atoms with Crippen molar-refractivity contribution < 1.29 is 4.79 Å². The molecule has 2 rings (SSSR count). The van der Waals surface area contributed by atoms with Crippen molar-refractivity contribution in [1.29, 1.82) is 0 Å². The molecule has 0 aliphatic rings. The summed E-state index contributed by atoms with van der Waals surface area (Å²) in [5.41, 5.74) is 1.21. The third kappa shape index (κ3) is 3.26. The van der Waals surface area contributed by atoms with E-state index in [9.17, 15) is 4.79 Å². The van der Waals surface area contributed by atoms with Gasteiger partial charge < -0.3 is 4.90 Å². The first-order chi connectivity index (χ1) is 9.49. The number of benzene rings is 1. The lowest BCUT2D eigenvalue weighted by atomic mass is 10.1. The maximum Gasteiger partial charge on any atom is 0.274 e. The maximum absolute atomic E-state index is 12.3. The van der Waals surface area contributed by atoms with Crippen molar-refractivity contribution in [2.75, 3.05) is 7.05 Å². The second-order valence-electron chi connectivity index (χ2n) is 4.39. The first-order valence-corrected chi connectivity index (χ1v) is 6.76. The minimum Gasteiger partial charge on any atom is -0.334 e. The molecule has 0 bridgehead atoms. The van der Waals surface area contributed by atoms with Crippen LogP contribution in [0.1, 0.15) is 29.0 Å². The van der Waals surface area contributed by atoms with Crippen LogP contribution in [0.3, 0.4) is 0 Å². The molecule has 1 aromatic carbocycles. The highest BCUT2D eigenvalue weighted by Crippen LogP contribution is 2.23. The second kappa shape index (κ2) is 6.20. The van der Waals surface area contributed by atoms with Crippen molar-refractivity contribution in [3.8, 4) is 0 Å². The van der Waals surface area contributed by atoms with Gasteiger partial charge in [-0.15, -0.1) is 10.2 Å². The molecule has 0 aliphatic carbocycles. The zero-order chi connectivity index (χ0) is 14.7. The van der Waals surface area contributed by atoms with Gasteiger partial charge in [-0.25, -0.2) is 0 Å². The van der Waals surface area contributed by atoms with Gasteiger partial charge in [0.15, 0.2) is 10.8 Å². The Morgan fingerprint density at radius 2 is 1.95 bits per heavy atom. The number of carbonyl (C=O) groups excluding carboxylic acids is 1. The van der Waals surface area contributed by atoms with Gasteiger partial charge in [0.1, 0.15) is 0 Å². The van der Waals surface area contributed by atoms with E-state index in [1.54, 1.807) is 30.1 Å². The van der Waals surface area contributed by atoms with Gasteiger partial charge in [-0.1, -0.05) is 35.3 Å². The molecule has 20 heavy (non-hydrogen) atoms. The molecule has 0 radical (unpaired) electrons.